The predicted octanol–water partition coefficient (Wildman–Crippen LogP) is 10.5. The number of hydrogen-bond acceptors (Lipinski definition) is 0. The van der Waals surface area contributed by atoms with Crippen LogP contribution in [0, 0.1) is 0 Å². The zero-order valence-electron chi connectivity index (χ0n) is 23.0. The topological polar surface area (TPSA) is 0 Å². The van der Waals surface area contributed by atoms with Crippen molar-refractivity contribution in [3.05, 3.63) is 138 Å². The van der Waals surface area contributed by atoms with Crippen molar-refractivity contribution in [1.82, 2.24) is 0 Å². The SMILES string of the molecule is CC1=C([Si](C)(C)C2=C(C)c3cccc4cccc2c34)c2cccc3cccc1c23.[Zr].c1ccc2[cH-]ccc2c1. The van der Waals surface area contributed by atoms with E-state index in [1.807, 2.05) is 0 Å². The summed E-state index contributed by atoms with van der Waals surface area (Å²) in [6, 6.07) is 41.9. The molecule has 0 N–H and O–H groups in total. The second kappa shape index (κ2) is 9.77. The van der Waals surface area contributed by atoms with Gasteiger partial charge in [-0.25, -0.2) is 0 Å². The fraction of sp³-hybridized carbons (Fsp3) is 0.108. The van der Waals surface area contributed by atoms with Gasteiger partial charge in [-0.2, -0.15) is 17.5 Å². The average molecular weight is 595 g/mol. The summed E-state index contributed by atoms with van der Waals surface area (Å²) < 4.78 is 0. The molecule has 0 amide bonds. The molecule has 0 saturated carbocycles. The number of fused-ring (bicyclic) bond motifs is 1. The molecule has 2 aliphatic rings. The maximum atomic E-state index is 2.56. The van der Waals surface area contributed by atoms with E-state index in [1.165, 1.54) is 65.7 Å². The monoisotopic (exact) mass is 593 g/mol. The van der Waals surface area contributed by atoms with Crippen LogP contribution in [0.4, 0.5) is 0 Å². The molecular weight excluding hydrogens is 564 g/mol. The minimum atomic E-state index is -1.95. The van der Waals surface area contributed by atoms with Crippen LogP contribution in [0.3, 0.4) is 0 Å². The van der Waals surface area contributed by atoms with Crippen molar-refractivity contribution in [2.75, 3.05) is 0 Å². The Bertz CT molecular complexity index is 1810. The van der Waals surface area contributed by atoms with Crippen LogP contribution in [-0.2, 0) is 26.2 Å². The number of hydrogen-bond donors (Lipinski definition) is 0. The zero-order chi connectivity index (χ0) is 26.0. The molecule has 0 radical (unpaired) electrons. The van der Waals surface area contributed by atoms with Gasteiger partial charge >= 0.3 is 0 Å². The van der Waals surface area contributed by atoms with Crippen molar-refractivity contribution >= 4 is 61.9 Å². The third-order valence-electron chi connectivity index (χ3n) is 8.70. The van der Waals surface area contributed by atoms with E-state index in [0.29, 0.717) is 0 Å². The van der Waals surface area contributed by atoms with E-state index in [-0.39, 0.29) is 26.2 Å². The second-order valence-electron chi connectivity index (χ2n) is 11.2. The van der Waals surface area contributed by atoms with E-state index in [0.717, 1.165) is 0 Å². The van der Waals surface area contributed by atoms with Gasteiger partial charge in [0.15, 0.2) is 0 Å². The van der Waals surface area contributed by atoms with Crippen molar-refractivity contribution in [2.45, 2.75) is 26.9 Å². The Kier molecular flexibility index (Phi) is 6.53. The maximum Gasteiger partial charge on any atom is 0.114 e. The molecule has 0 saturated heterocycles. The normalized spacial score (nSPS) is 13.7. The summed E-state index contributed by atoms with van der Waals surface area (Å²) in [7, 11) is -1.95. The third kappa shape index (κ3) is 3.92. The molecule has 6 aromatic rings. The Morgan fingerprint density at radius 1 is 0.487 bits per heavy atom. The van der Waals surface area contributed by atoms with Crippen LogP contribution in [0.1, 0.15) is 36.1 Å². The predicted molar refractivity (Wildman–Crippen MR) is 170 cm³/mol. The first-order valence-corrected chi connectivity index (χ1v) is 16.5. The molecule has 188 valence electrons. The molecule has 2 aliphatic carbocycles. The molecule has 0 bridgehead atoms. The van der Waals surface area contributed by atoms with Crippen LogP contribution in [0.25, 0.3) is 53.9 Å². The van der Waals surface area contributed by atoms with Gasteiger partial charge in [-0.15, -0.1) is 29.7 Å². The van der Waals surface area contributed by atoms with E-state index >= 15 is 0 Å². The molecule has 0 aromatic heterocycles. The molecule has 0 nitrogen and oxygen atoms in total. The molecular formula is C37H31SiZr-. The van der Waals surface area contributed by atoms with Crippen LogP contribution in [-0.4, -0.2) is 8.07 Å². The summed E-state index contributed by atoms with van der Waals surface area (Å²) in [5, 5.41) is 11.5. The minimum Gasteiger partial charge on any atom is -0.168 e. The second-order valence-corrected chi connectivity index (χ2v) is 15.4. The standard InChI is InChI=1S/C28H24Si.C9H7.Zr/c1-17-21-13-5-9-19-11-7-15-23(25(19)21)27(17)29(3,4)28-18(2)22-14-6-10-20-12-8-16-24(28)26(20)22;1-2-5-9-7-3-6-8(9)4-1;/h5-16H,1-4H3;1-7H;/q;-1;. The van der Waals surface area contributed by atoms with Gasteiger partial charge in [0.05, 0.1) is 0 Å². The fourth-order valence-corrected chi connectivity index (χ4v) is 11.4. The number of rotatable bonds is 2. The maximum absolute atomic E-state index is 2.56. The van der Waals surface area contributed by atoms with Gasteiger partial charge in [0, 0.05) is 26.2 Å². The molecule has 0 fully saturated rings. The summed E-state index contributed by atoms with van der Waals surface area (Å²) in [5.41, 5.74) is 8.77. The van der Waals surface area contributed by atoms with E-state index in [1.54, 1.807) is 10.4 Å². The van der Waals surface area contributed by atoms with Crippen molar-refractivity contribution < 1.29 is 26.2 Å². The Balaban J connectivity index is 0.000000235. The molecule has 6 aromatic carbocycles. The number of allylic oxidation sites excluding steroid dienone is 2. The van der Waals surface area contributed by atoms with Crippen LogP contribution < -0.4 is 0 Å². The molecule has 0 heterocycles. The first-order valence-electron chi connectivity index (χ1n) is 13.5. The third-order valence-corrected chi connectivity index (χ3v) is 12.5. The summed E-state index contributed by atoms with van der Waals surface area (Å²) in [5.74, 6) is 0. The van der Waals surface area contributed by atoms with Crippen LogP contribution in [0.15, 0.2) is 115 Å². The van der Waals surface area contributed by atoms with Gasteiger partial charge in [0.25, 0.3) is 0 Å². The number of benzene rings is 5. The molecule has 39 heavy (non-hydrogen) atoms. The fourth-order valence-electron chi connectivity index (χ4n) is 7.20. The average Bonchev–Trinajstić information content (AvgIpc) is 3.61. The van der Waals surface area contributed by atoms with Crippen molar-refractivity contribution in [3.63, 3.8) is 0 Å². The molecule has 2 heteroatoms. The first kappa shape index (κ1) is 26.1. The summed E-state index contributed by atoms with van der Waals surface area (Å²) in [6.45, 7) is 9.80. The van der Waals surface area contributed by atoms with Crippen molar-refractivity contribution in [3.8, 4) is 0 Å². The van der Waals surface area contributed by atoms with Crippen molar-refractivity contribution in [2.24, 2.45) is 0 Å². The molecule has 8 rings (SSSR count). The molecule has 0 unspecified atom stereocenters. The van der Waals surface area contributed by atoms with E-state index in [4.69, 9.17) is 0 Å². The molecule has 0 aliphatic heterocycles. The van der Waals surface area contributed by atoms with E-state index in [9.17, 15) is 0 Å². The Morgan fingerprint density at radius 2 is 0.923 bits per heavy atom. The smallest absolute Gasteiger partial charge is 0.114 e. The Morgan fingerprint density at radius 3 is 1.41 bits per heavy atom. The quantitative estimate of drug-likeness (QED) is 0.138. The van der Waals surface area contributed by atoms with Gasteiger partial charge in [-0.3, -0.25) is 0 Å². The largest absolute Gasteiger partial charge is 0.168 e. The minimum absolute atomic E-state index is 0. The van der Waals surface area contributed by atoms with Crippen LogP contribution in [0.5, 0.6) is 0 Å². The summed E-state index contributed by atoms with van der Waals surface area (Å²) >= 11 is 0. The van der Waals surface area contributed by atoms with Crippen LogP contribution in [0.2, 0.25) is 13.1 Å². The Labute approximate surface area is 251 Å². The van der Waals surface area contributed by atoms with E-state index in [2.05, 4.69) is 142 Å². The first-order chi connectivity index (χ1) is 18.5. The van der Waals surface area contributed by atoms with E-state index < -0.39 is 8.07 Å². The summed E-state index contributed by atoms with van der Waals surface area (Å²) in [6.07, 6.45) is 0. The summed E-state index contributed by atoms with van der Waals surface area (Å²) in [4.78, 5) is 0. The van der Waals surface area contributed by atoms with Gasteiger partial charge in [0.2, 0.25) is 0 Å². The van der Waals surface area contributed by atoms with Gasteiger partial charge in [-0.05, 0) is 79.2 Å². The van der Waals surface area contributed by atoms with Crippen LogP contribution >= 0.6 is 0 Å². The molecule has 0 spiro atoms. The zero-order valence-corrected chi connectivity index (χ0v) is 26.4. The van der Waals surface area contributed by atoms with Gasteiger partial charge in [-0.1, -0.05) is 92.0 Å². The van der Waals surface area contributed by atoms with Crippen molar-refractivity contribution in [1.29, 1.82) is 0 Å². The molecule has 0 atom stereocenters. The van der Waals surface area contributed by atoms with Gasteiger partial charge < -0.3 is 0 Å². The van der Waals surface area contributed by atoms with Gasteiger partial charge in [0.1, 0.15) is 8.07 Å². The Hall–Kier alpha value is -3.19.